The minimum absolute atomic E-state index is 0.00108. The predicted molar refractivity (Wildman–Crippen MR) is 109 cm³/mol. The van der Waals surface area contributed by atoms with Crippen LogP contribution in [0.5, 0.6) is 0 Å². The molecule has 0 saturated heterocycles. The van der Waals surface area contributed by atoms with Gasteiger partial charge in [0.25, 0.3) is 9.76 Å². The third-order valence-corrected chi connectivity index (χ3v) is 4.69. The van der Waals surface area contributed by atoms with Gasteiger partial charge in [0.15, 0.2) is 0 Å². The van der Waals surface area contributed by atoms with Crippen molar-refractivity contribution in [2.24, 2.45) is 5.92 Å². The minimum atomic E-state index is 0.00108. The van der Waals surface area contributed by atoms with E-state index in [9.17, 15) is 0 Å². The van der Waals surface area contributed by atoms with Gasteiger partial charge in [0.1, 0.15) is 6.10 Å². The molecule has 0 aliphatic rings. The molecule has 2 radical (unpaired) electrons. The van der Waals surface area contributed by atoms with Gasteiger partial charge in [-0.25, -0.2) is 0 Å². The monoisotopic (exact) mass is 346 g/mol. The Morgan fingerprint density at radius 3 is 2.28 bits per heavy atom. The van der Waals surface area contributed by atoms with Gasteiger partial charge in [-0.3, -0.25) is 0 Å². The number of hydrogen-bond acceptors (Lipinski definition) is 1. The smallest absolute Gasteiger partial charge is 0.271 e. The molecule has 0 saturated carbocycles. The van der Waals surface area contributed by atoms with Crippen LogP contribution in [0.1, 0.15) is 44.7 Å². The van der Waals surface area contributed by atoms with E-state index in [1.807, 2.05) is 12.1 Å². The van der Waals surface area contributed by atoms with E-state index in [2.05, 4.69) is 87.2 Å². The van der Waals surface area contributed by atoms with E-state index >= 15 is 0 Å². The summed E-state index contributed by atoms with van der Waals surface area (Å²) < 4.78 is 6.23. The fraction of sp³-hybridized carbons (Fsp3) is 0.304. The Hall–Kier alpha value is -2.08. The lowest BCUT2D eigenvalue weighted by atomic mass is 10.1. The van der Waals surface area contributed by atoms with Crippen molar-refractivity contribution in [2.45, 2.75) is 39.7 Å². The minimum Gasteiger partial charge on any atom is -0.398 e. The number of hydrogen-bond donors (Lipinski definition) is 0. The molecule has 128 valence electrons. The van der Waals surface area contributed by atoms with Crippen molar-refractivity contribution < 1.29 is 4.43 Å². The van der Waals surface area contributed by atoms with Crippen molar-refractivity contribution in [3.8, 4) is 11.8 Å². The summed E-state index contributed by atoms with van der Waals surface area (Å²) in [4.78, 5) is 0. The molecule has 0 amide bonds. The third-order valence-electron chi connectivity index (χ3n) is 3.63. The zero-order valence-corrected chi connectivity index (χ0v) is 16.3. The van der Waals surface area contributed by atoms with Crippen molar-refractivity contribution >= 4 is 21.0 Å². The van der Waals surface area contributed by atoms with Crippen molar-refractivity contribution in [1.29, 1.82) is 0 Å². The van der Waals surface area contributed by atoms with Crippen molar-refractivity contribution in [3.63, 3.8) is 0 Å². The highest BCUT2D eigenvalue weighted by atomic mass is 28.2. The van der Waals surface area contributed by atoms with E-state index in [0.717, 1.165) is 12.8 Å². The Kier molecular flexibility index (Phi) is 8.25. The average Bonchev–Trinajstić information content (AvgIpc) is 2.64. The van der Waals surface area contributed by atoms with Gasteiger partial charge < -0.3 is 4.43 Å². The molecule has 0 aromatic heterocycles. The van der Waals surface area contributed by atoms with Crippen molar-refractivity contribution in [1.82, 2.24) is 0 Å². The van der Waals surface area contributed by atoms with Crippen molar-refractivity contribution in [3.05, 3.63) is 71.8 Å². The van der Waals surface area contributed by atoms with Gasteiger partial charge >= 0.3 is 0 Å². The highest BCUT2D eigenvalue weighted by Crippen LogP contribution is 2.19. The maximum absolute atomic E-state index is 6.23. The summed E-state index contributed by atoms with van der Waals surface area (Å²) in [6, 6.07) is 20.9. The van der Waals surface area contributed by atoms with E-state index < -0.39 is 0 Å². The maximum Gasteiger partial charge on any atom is 0.271 e. The fourth-order valence-electron chi connectivity index (χ4n) is 2.42. The third kappa shape index (κ3) is 7.13. The Morgan fingerprint density at radius 1 is 1.04 bits per heavy atom. The van der Waals surface area contributed by atoms with E-state index in [-0.39, 0.29) is 15.9 Å². The largest absolute Gasteiger partial charge is 0.398 e. The second kappa shape index (κ2) is 10.7. The van der Waals surface area contributed by atoms with Crippen LogP contribution in [0, 0.1) is 17.8 Å². The molecule has 1 nitrogen and oxygen atoms in total. The normalized spacial score (nSPS) is 12.6. The van der Waals surface area contributed by atoms with Crippen LogP contribution in [0.2, 0.25) is 0 Å². The van der Waals surface area contributed by atoms with Crippen LogP contribution in [0.3, 0.4) is 0 Å². The standard InChI is InChI=1S/C23H26OSi/c1-4-5-16-22(17-19(2)3)24-25-23(21-14-10-7-11-15-21)18-20-12-8-6-9-13-20/h6-15,18-19,22H,4,17H2,1-3H3/b23-18-. The second-order valence-corrected chi connectivity index (χ2v) is 7.33. The quantitative estimate of drug-likeness (QED) is 0.358. The summed E-state index contributed by atoms with van der Waals surface area (Å²) in [6.07, 6.45) is 4.05. The fourth-order valence-corrected chi connectivity index (χ4v) is 3.36. The molecule has 0 aliphatic heterocycles. The van der Waals surface area contributed by atoms with Gasteiger partial charge in [-0.15, -0.1) is 5.92 Å². The number of rotatable bonds is 7. The topological polar surface area (TPSA) is 9.23 Å². The first-order valence-corrected chi connectivity index (χ1v) is 9.82. The summed E-state index contributed by atoms with van der Waals surface area (Å²) in [6.45, 7) is 6.50. The molecule has 25 heavy (non-hydrogen) atoms. The Balaban J connectivity index is 2.20. The lowest BCUT2D eigenvalue weighted by Gasteiger charge is -2.16. The molecule has 0 bridgehead atoms. The molecule has 2 rings (SSSR count). The predicted octanol–water partition coefficient (Wildman–Crippen LogP) is 5.65. The van der Waals surface area contributed by atoms with E-state index in [1.165, 1.54) is 16.3 Å². The lowest BCUT2D eigenvalue weighted by Crippen LogP contribution is -2.17. The first kappa shape index (κ1) is 19.2. The van der Waals surface area contributed by atoms with E-state index in [1.54, 1.807) is 0 Å². The molecule has 0 fully saturated rings. The second-order valence-electron chi connectivity index (χ2n) is 6.35. The van der Waals surface area contributed by atoms with Crippen LogP contribution in [0.4, 0.5) is 0 Å². The van der Waals surface area contributed by atoms with Crippen LogP contribution in [-0.2, 0) is 4.43 Å². The molecular weight excluding hydrogens is 320 g/mol. The number of benzene rings is 2. The van der Waals surface area contributed by atoms with Crippen LogP contribution in [0.25, 0.3) is 11.3 Å². The van der Waals surface area contributed by atoms with E-state index in [4.69, 9.17) is 4.43 Å². The van der Waals surface area contributed by atoms with Crippen molar-refractivity contribution in [2.75, 3.05) is 0 Å². The van der Waals surface area contributed by atoms with Gasteiger partial charge in [-0.1, -0.05) is 93.4 Å². The van der Waals surface area contributed by atoms with E-state index in [0.29, 0.717) is 5.92 Å². The van der Waals surface area contributed by atoms with Crippen LogP contribution in [-0.4, -0.2) is 15.9 Å². The molecule has 0 aliphatic carbocycles. The molecule has 2 aromatic rings. The molecule has 2 aromatic carbocycles. The summed E-state index contributed by atoms with van der Waals surface area (Å²) in [5.74, 6) is 7.02. The summed E-state index contributed by atoms with van der Waals surface area (Å²) in [5, 5.41) is 1.21. The zero-order chi connectivity index (χ0) is 17.9. The first-order valence-electron chi connectivity index (χ1n) is 8.91. The molecule has 2 heteroatoms. The first-order chi connectivity index (χ1) is 12.2. The van der Waals surface area contributed by atoms with Crippen LogP contribution in [0.15, 0.2) is 60.7 Å². The highest BCUT2D eigenvalue weighted by Gasteiger charge is 2.12. The maximum atomic E-state index is 6.23. The molecule has 0 N–H and O–H groups in total. The van der Waals surface area contributed by atoms with Gasteiger partial charge in [0, 0.05) is 6.42 Å². The molecule has 1 unspecified atom stereocenters. The zero-order valence-electron chi connectivity index (χ0n) is 15.3. The van der Waals surface area contributed by atoms with Crippen LogP contribution >= 0.6 is 0 Å². The highest BCUT2D eigenvalue weighted by molar-refractivity contribution is 6.57. The molecule has 0 spiro atoms. The Bertz CT molecular complexity index is 708. The lowest BCUT2D eigenvalue weighted by molar-refractivity contribution is 0.244. The SMILES string of the molecule is CCC#CC(CC(C)C)O[Si]/C(=C\c1ccccc1)c1ccccc1. The van der Waals surface area contributed by atoms with Gasteiger partial charge in [-0.2, -0.15) is 0 Å². The van der Waals surface area contributed by atoms with Gasteiger partial charge in [0.05, 0.1) is 0 Å². The molecular formula is C23H26OSi. The Morgan fingerprint density at radius 2 is 1.68 bits per heavy atom. The Labute approximate surface area is 155 Å². The van der Waals surface area contributed by atoms with Gasteiger partial charge in [-0.05, 0) is 28.7 Å². The van der Waals surface area contributed by atoms with Crippen LogP contribution < -0.4 is 0 Å². The average molecular weight is 347 g/mol. The molecule has 0 heterocycles. The summed E-state index contributed by atoms with van der Waals surface area (Å²) >= 11 is 0. The molecule has 1 atom stereocenters. The summed E-state index contributed by atoms with van der Waals surface area (Å²) in [5.41, 5.74) is 2.40. The summed E-state index contributed by atoms with van der Waals surface area (Å²) in [7, 11) is 0.276. The van der Waals surface area contributed by atoms with Gasteiger partial charge in [0.2, 0.25) is 0 Å².